The maximum atomic E-state index is 12.7. The van der Waals surface area contributed by atoms with Crippen LogP contribution in [-0.4, -0.2) is 48.6 Å². The Bertz CT molecular complexity index is 1300. The average molecular weight is 546 g/mol. The average Bonchev–Trinajstić information content (AvgIpc) is 3.79. The number of amides is 1. The van der Waals surface area contributed by atoms with Gasteiger partial charge in [0.2, 0.25) is 0 Å². The van der Waals surface area contributed by atoms with Crippen molar-refractivity contribution in [1.82, 2.24) is 5.32 Å². The molecule has 1 aliphatic heterocycles. The molecule has 3 aromatic rings. The molecule has 6 rings (SSSR count). The molecular weight excluding hydrogens is 516 g/mol. The number of carbonyl (C=O) groups is 1. The number of halogens is 2. The maximum absolute atomic E-state index is 12.7. The Labute approximate surface area is 250 Å². The minimum absolute atomic E-state index is 0. The molecule has 1 N–H and O–H groups in total. The first-order valence-electron chi connectivity index (χ1n) is 12.9. The summed E-state index contributed by atoms with van der Waals surface area (Å²) in [6, 6.07) is 15.2. The van der Waals surface area contributed by atoms with Gasteiger partial charge in [-0.15, -0.1) is 0 Å². The predicted molar refractivity (Wildman–Crippen MR) is 150 cm³/mol. The summed E-state index contributed by atoms with van der Waals surface area (Å²) in [6.45, 7) is 1.27. The molecule has 2 aliphatic carbocycles. The first kappa shape index (κ1) is 26.9. The first-order chi connectivity index (χ1) is 17.6. The zero-order chi connectivity index (χ0) is 24.6. The molecule has 2 fully saturated rings. The van der Waals surface area contributed by atoms with Crippen LogP contribution < -0.4 is 14.8 Å². The Hall–Kier alpha value is -1.69. The molecule has 0 spiro atoms. The first-order valence-corrected chi connectivity index (χ1v) is 13.6. The van der Waals surface area contributed by atoms with Gasteiger partial charge >= 0.3 is 29.6 Å². The second-order valence-corrected chi connectivity index (χ2v) is 10.9. The van der Waals surface area contributed by atoms with Crippen molar-refractivity contribution in [3.63, 3.8) is 0 Å². The van der Waals surface area contributed by atoms with E-state index in [2.05, 4.69) is 11.4 Å². The number of nitrogens with one attached hydrogen (secondary N) is 1. The predicted octanol–water partition coefficient (Wildman–Crippen LogP) is 7.19. The molecule has 0 aromatic heterocycles. The van der Waals surface area contributed by atoms with Gasteiger partial charge < -0.3 is 14.8 Å². The van der Waals surface area contributed by atoms with Crippen LogP contribution in [0.25, 0.3) is 0 Å². The number of rotatable bonds is 8. The summed E-state index contributed by atoms with van der Waals surface area (Å²) in [4.78, 5) is 12.7. The van der Waals surface area contributed by atoms with Gasteiger partial charge in [-0.2, -0.15) is 0 Å². The molecular formula is C30H30Cl2NNaO3. The Morgan fingerprint density at radius 1 is 1.00 bits per heavy atom. The van der Waals surface area contributed by atoms with E-state index in [9.17, 15) is 4.79 Å². The summed E-state index contributed by atoms with van der Waals surface area (Å²) in [5, 5.41) is 4.19. The number of ether oxygens (including phenoxy) is 2. The van der Waals surface area contributed by atoms with Gasteiger partial charge in [0.05, 0.1) is 6.61 Å². The van der Waals surface area contributed by atoms with Crippen LogP contribution in [0.3, 0.4) is 0 Å². The standard InChI is InChI=1S/C30H29Cl2NO3.Na.H/c31-23-10-7-19(26(32)17-23)13-14-33-30(34)21-8-11-24(12-9-21)36-29-25(18-3-4-18)16-22-2-1-15-35-28(22)27(29)20-5-6-20;;/h7-12,16-18,20H,1-6,13-15H2,(H,33,34);;. The van der Waals surface area contributed by atoms with E-state index in [0.29, 0.717) is 40.4 Å². The summed E-state index contributed by atoms with van der Waals surface area (Å²) in [7, 11) is 0. The van der Waals surface area contributed by atoms with Crippen molar-refractivity contribution in [2.45, 2.75) is 56.8 Å². The Kier molecular flexibility index (Phi) is 8.43. The molecule has 1 heterocycles. The molecule has 0 saturated heterocycles. The van der Waals surface area contributed by atoms with Crippen LogP contribution in [0.4, 0.5) is 0 Å². The second-order valence-electron chi connectivity index (χ2n) is 10.1. The fourth-order valence-corrected chi connectivity index (χ4v) is 5.53. The molecule has 2 saturated carbocycles. The fraction of sp³-hybridized carbons (Fsp3) is 0.367. The van der Waals surface area contributed by atoms with E-state index >= 15 is 0 Å². The van der Waals surface area contributed by atoms with Gasteiger partial charge in [-0.25, -0.2) is 0 Å². The number of benzene rings is 3. The Morgan fingerprint density at radius 2 is 1.76 bits per heavy atom. The second kappa shape index (κ2) is 11.6. The van der Waals surface area contributed by atoms with E-state index in [1.807, 2.05) is 30.3 Å². The van der Waals surface area contributed by atoms with Gasteiger partial charge in [0, 0.05) is 27.7 Å². The molecule has 0 atom stereocenters. The van der Waals surface area contributed by atoms with Crippen LogP contribution in [0.2, 0.25) is 10.0 Å². The minimum atomic E-state index is -0.119. The molecule has 188 valence electrons. The molecule has 37 heavy (non-hydrogen) atoms. The topological polar surface area (TPSA) is 47.6 Å². The molecule has 3 aliphatic rings. The van der Waals surface area contributed by atoms with Gasteiger partial charge in [0.15, 0.2) is 0 Å². The van der Waals surface area contributed by atoms with E-state index in [0.717, 1.165) is 42.3 Å². The van der Waals surface area contributed by atoms with E-state index in [1.54, 1.807) is 12.1 Å². The summed E-state index contributed by atoms with van der Waals surface area (Å²) >= 11 is 12.2. The monoisotopic (exact) mass is 545 g/mol. The molecule has 4 nitrogen and oxygen atoms in total. The van der Waals surface area contributed by atoms with Crippen molar-refractivity contribution < 1.29 is 14.3 Å². The van der Waals surface area contributed by atoms with Crippen LogP contribution >= 0.6 is 23.2 Å². The Balaban J connectivity index is 0.00000280. The van der Waals surface area contributed by atoms with Crippen molar-refractivity contribution in [3.05, 3.63) is 86.4 Å². The van der Waals surface area contributed by atoms with Crippen LogP contribution in [0, 0.1) is 0 Å². The molecule has 0 bridgehead atoms. The number of hydrogen-bond donors (Lipinski definition) is 1. The van der Waals surface area contributed by atoms with Crippen molar-refractivity contribution in [3.8, 4) is 17.2 Å². The molecule has 0 radical (unpaired) electrons. The van der Waals surface area contributed by atoms with E-state index in [1.165, 1.54) is 42.4 Å². The third kappa shape index (κ3) is 6.15. The number of fused-ring (bicyclic) bond motifs is 1. The number of hydrogen-bond acceptors (Lipinski definition) is 3. The normalized spacial score (nSPS) is 16.3. The third-order valence-corrected chi connectivity index (χ3v) is 7.83. The zero-order valence-corrected chi connectivity index (χ0v) is 21.6. The van der Waals surface area contributed by atoms with Crippen molar-refractivity contribution in [2.75, 3.05) is 13.2 Å². The molecule has 3 aromatic carbocycles. The fourth-order valence-electron chi connectivity index (χ4n) is 5.03. The zero-order valence-electron chi connectivity index (χ0n) is 20.1. The van der Waals surface area contributed by atoms with E-state index < -0.39 is 0 Å². The van der Waals surface area contributed by atoms with Gasteiger partial charge in [-0.1, -0.05) is 29.3 Å². The van der Waals surface area contributed by atoms with Crippen LogP contribution in [-0.2, 0) is 12.8 Å². The van der Waals surface area contributed by atoms with E-state index in [-0.39, 0.29) is 35.5 Å². The van der Waals surface area contributed by atoms with Gasteiger partial charge in [-0.05, 0) is 116 Å². The molecule has 1 amide bonds. The van der Waals surface area contributed by atoms with Crippen LogP contribution in [0.15, 0.2) is 48.5 Å². The third-order valence-electron chi connectivity index (χ3n) is 7.24. The van der Waals surface area contributed by atoms with Crippen LogP contribution in [0.5, 0.6) is 17.2 Å². The van der Waals surface area contributed by atoms with Gasteiger partial charge in [0.25, 0.3) is 5.91 Å². The number of carbonyl (C=O) groups excluding carboxylic acids is 1. The summed E-state index contributed by atoms with van der Waals surface area (Å²) in [5.74, 6) is 3.82. The van der Waals surface area contributed by atoms with E-state index in [4.69, 9.17) is 32.7 Å². The van der Waals surface area contributed by atoms with Crippen molar-refractivity contribution in [2.24, 2.45) is 0 Å². The molecule has 7 heteroatoms. The van der Waals surface area contributed by atoms with Gasteiger partial charge in [-0.3, -0.25) is 4.79 Å². The Morgan fingerprint density at radius 3 is 2.46 bits per heavy atom. The van der Waals surface area contributed by atoms with Crippen LogP contribution in [0.1, 0.15) is 76.6 Å². The number of aryl methyl sites for hydroxylation is 1. The SMILES string of the molecule is O=C(NCCc1ccc(Cl)cc1Cl)c1ccc(Oc2c(C3CC3)cc3c(c2C2CC2)OCCC3)cc1.[NaH]. The summed E-state index contributed by atoms with van der Waals surface area (Å²) in [5.41, 5.74) is 5.52. The molecule has 0 unspecified atom stereocenters. The van der Waals surface area contributed by atoms with Crippen molar-refractivity contribution >= 4 is 58.7 Å². The van der Waals surface area contributed by atoms with Crippen molar-refractivity contribution in [1.29, 1.82) is 0 Å². The van der Waals surface area contributed by atoms with Gasteiger partial charge in [0.1, 0.15) is 17.2 Å². The summed E-state index contributed by atoms with van der Waals surface area (Å²) < 4.78 is 12.7. The quantitative estimate of drug-likeness (QED) is 0.304. The summed E-state index contributed by atoms with van der Waals surface area (Å²) in [6.07, 6.45) is 7.64.